The maximum atomic E-state index is 12.8. The number of aryl methyl sites for hydroxylation is 1. The van der Waals surface area contributed by atoms with Crippen LogP contribution in [0.4, 0.5) is 13.2 Å². The van der Waals surface area contributed by atoms with E-state index >= 15 is 0 Å². The second-order valence-electron chi connectivity index (χ2n) is 7.13. The van der Waals surface area contributed by atoms with Crippen molar-refractivity contribution in [1.82, 2.24) is 4.98 Å². The molecule has 31 heavy (non-hydrogen) atoms. The van der Waals surface area contributed by atoms with Crippen LogP contribution in [-0.4, -0.2) is 18.2 Å². The maximum absolute atomic E-state index is 12.8. The van der Waals surface area contributed by atoms with Gasteiger partial charge in [-0.2, -0.15) is 13.2 Å². The third kappa shape index (κ3) is 5.98. The molecule has 1 radical (unpaired) electrons. The fourth-order valence-electron chi connectivity index (χ4n) is 3.00. The summed E-state index contributed by atoms with van der Waals surface area (Å²) in [7, 11) is 0. The summed E-state index contributed by atoms with van der Waals surface area (Å²) in [4.78, 5) is 4.60. The van der Waals surface area contributed by atoms with Gasteiger partial charge in [0.25, 0.3) is 0 Å². The van der Waals surface area contributed by atoms with Crippen molar-refractivity contribution >= 4 is 0 Å². The Balaban J connectivity index is 1.87. The SMILES string of the molecule is CCCOCC(Oc1ccc([O])c(C)c1)c1cccc(-c2ccc(C(F)(F)F)cc2)n1. The molecule has 0 amide bonds. The third-order valence-electron chi connectivity index (χ3n) is 4.65. The van der Waals surface area contributed by atoms with Gasteiger partial charge in [-0.15, -0.1) is 0 Å². The Kier molecular flexibility index (Phi) is 7.17. The Morgan fingerprint density at radius 1 is 1.03 bits per heavy atom. The number of nitrogens with zero attached hydrogens (tertiary/aromatic N) is 1. The van der Waals surface area contributed by atoms with Crippen LogP contribution in [-0.2, 0) is 16.0 Å². The van der Waals surface area contributed by atoms with Crippen molar-refractivity contribution in [2.24, 2.45) is 0 Å². The quantitative estimate of drug-likeness (QED) is 0.371. The van der Waals surface area contributed by atoms with Gasteiger partial charge in [0.1, 0.15) is 5.75 Å². The van der Waals surface area contributed by atoms with Gasteiger partial charge in [0.2, 0.25) is 0 Å². The Labute approximate surface area is 179 Å². The van der Waals surface area contributed by atoms with Crippen LogP contribution < -0.4 is 4.74 Å². The number of alkyl halides is 3. The third-order valence-corrected chi connectivity index (χ3v) is 4.65. The fraction of sp³-hybridized carbons (Fsp3) is 0.292. The highest BCUT2D eigenvalue weighted by Gasteiger charge is 2.30. The molecule has 1 unspecified atom stereocenters. The van der Waals surface area contributed by atoms with Gasteiger partial charge in [-0.05, 0) is 55.8 Å². The van der Waals surface area contributed by atoms with Gasteiger partial charge in [0.05, 0.1) is 23.6 Å². The minimum atomic E-state index is -4.39. The molecule has 2 aromatic carbocycles. The smallest absolute Gasteiger partial charge is 0.416 e. The molecule has 0 N–H and O–H groups in total. The van der Waals surface area contributed by atoms with Crippen LogP contribution in [0.5, 0.6) is 11.5 Å². The highest BCUT2D eigenvalue weighted by molar-refractivity contribution is 5.59. The number of pyridine rings is 1. The highest BCUT2D eigenvalue weighted by Crippen LogP contribution is 2.31. The van der Waals surface area contributed by atoms with E-state index in [-0.39, 0.29) is 12.4 Å². The molecule has 3 rings (SSSR count). The normalized spacial score (nSPS) is 12.5. The summed E-state index contributed by atoms with van der Waals surface area (Å²) in [5.41, 5.74) is 1.53. The molecule has 0 spiro atoms. The van der Waals surface area contributed by atoms with E-state index in [0.717, 1.165) is 18.6 Å². The van der Waals surface area contributed by atoms with Crippen LogP contribution >= 0.6 is 0 Å². The molecule has 1 aromatic heterocycles. The first kappa shape index (κ1) is 22.6. The molecule has 0 saturated carbocycles. The molecule has 3 aromatic rings. The summed E-state index contributed by atoms with van der Waals surface area (Å²) >= 11 is 0. The predicted molar refractivity (Wildman–Crippen MR) is 110 cm³/mol. The molecule has 0 saturated heterocycles. The first-order chi connectivity index (χ1) is 14.8. The summed E-state index contributed by atoms with van der Waals surface area (Å²) in [6.07, 6.45) is -4.09. The summed E-state index contributed by atoms with van der Waals surface area (Å²) < 4.78 is 50.2. The van der Waals surface area contributed by atoms with Gasteiger partial charge >= 0.3 is 6.18 Å². The molecule has 0 bridgehead atoms. The van der Waals surface area contributed by atoms with Crippen molar-refractivity contribution in [3.63, 3.8) is 0 Å². The van der Waals surface area contributed by atoms with Crippen LogP contribution in [0, 0.1) is 6.92 Å². The second-order valence-corrected chi connectivity index (χ2v) is 7.13. The van der Waals surface area contributed by atoms with Gasteiger partial charge in [-0.25, -0.2) is 4.98 Å². The Hall–Kier alpha value is -3.06. The minimum Gasteiger partial charge on any atom is -0.482 e. The van der Waals surface area contributed by atoms with E-state index < -0.39 is 17.8 Å². The Morgan fingerprint density at radius 2 is 1.77 bits per heavy atom. The van der Waals surface area contributed by atoms with Crippen molar-refractivity contribution < 1.29 is 27.8 Å². The van der Waals surface area contributed by atoms with E-state index in [0.29, 0.717) is 34.9 Å². The summed E-state index contributed by atoms with van der Waals surface area (Å²) in [6, 6.07) is 14.9. The van der Waals surface area contributed by atoms with E-state index in [1.165, 1.54) is 18.2 Å². The molecular formula is C24H23F3NO3. The van der Waals surface area contributed by atoms with Crippen molar-refractivity contribution in [3.8, 4) is 22.8 Å². The predicted octanol–water partition coefficient (Wildman–Crippen LogP) is 6.77. The molecule has 163 valence electrons. The molecule has 0 aliphatic rings. The zero-order valence-electron chi connectivity index (χ0n) is 17.3. The largest absolute Gasteiger partial charge is 0.482 e. The summed E-state index contributed by atoms with van der Waals surface area (Å²) in [6.45, 7) is 4.50. The molecule has 0 aliphatic carbocycles. The van der Waals surface area contributed by atoms with Crippen LogP contribution in [0.1, 0.15) is 36.3 Å². The molecule has 1 atom stereocenters. The lowest BCUT2D eigenvalue weighted by atomic mass is 10.1. The average Bonchev–Trinajstić information content (AvgIpc) is 2.75. The fourth-order valence-corrected chi connectivity index (χ4v) is 3.00. The first-order valence-electron chi connectivity index (χ1n) is 9.94. The van der Waals surface area contributed by atoms with E-state index in [4.69, 9.17) is 9.47 Å². The van der Waals surface area contributed by atoms with Gasteiger partial charge < -0.3 is 9.47 Å². The van der Waals surface area contributed by atoms with E-state index in [1.807, 2.05) is 6.92 Å². The molecular weight excluding hydrogens is 407 g/mol. The van der Waals surface area contributed by atoms with Crippen LogP contribution in [0.2, 0.25) is 0 Å². The average molecular weight is 430 g/mol. The van der Waals surface area contributed by atoms with Crippen LogP contribution in [0.25, 0.3) is 11.3 Å². The Morgan fingerprint density at radius 3 is 2.42 bits per heavy atom. The zero-order chi connectivity index (χ0) is 22.4. The maximum Gasteiger partial charge on any atom is 0.416 e. The van der Waals surface area contributed by atoms with Crippen LogP contribution in [0.3, 0.4) is 0 Å². The minimum absolute atomic E-state index is 0.0754. The summed E-state index contributed by atoms with van der Waals surface area (Å²) in [5, 5.41) is 11.7. The van der Waals surface area contributed by atoms with Crippen molar-refractivity contribution in [2.45, 2.75) is 32.5 Å². The van der Waals surface area contributed by atoms with Crippen molar-refractivity contribution in [2.75, 3.05) is 13.2 Å². The molecule has 1 heterocycles. The highest BCUT2D eigenvalue weighted by atomic mass is 19.4. The molecule has 0 fully saturated rings. The number of benzene rings is 2. The standard InChI is InChI=1S/C24H23F3NO3/c1-3-13-30-15-23(31-19-11-12-22(29)16(2)14-19)21-6-4-5-20(28-21)17-7-9-18(10-8-17)24(25,26)27/h4-12,14,23H,3,13,15H2,1-2H3. The van der Waals surface area contributed by atoms with Crippen molar-refractivity contribution in [3.05, 3.63) is 77.5 Å². The lowest BCUT2D eigenvalue weighted by molar-refractivity contribution is -0.137. The summed E-state index contributed by atoms with van der Waals surface area (Å²) in [5.74, 6) is 0.442. The number of aromatic nitrogens is 1. The zero-order valence-corrected chi connectivity index (χ0v) is 17.3. The number of hydrogen-bond donors (Lipinski definition) is 0. The second kappa shape index (κ2) is 9.83. The van der Waals surface area contributed by atoms with Gasteiger partial charge in [0.15, 0.2) is 11.9 Å². The van der Waals surface area contributed by atoms with E-state index in [1.54, 1.807) is 37.3 Å². The van der Waals surface area contributed by atoms with Gasteiger partial charge in [0, 0.05) is 17.7 Å². The molecule has 4 nitrogen and oxygen atoms in total. The lowest BCUT2D eigenvalue weighted by Gasteiger charge is -2.20. The van der Waals surface area contributed by atoms with E-state index in [2.05, 4.69) is 4.98 Å². The number of rotatable bonds is 8. The number of hydrogen-bond acceptors (Lipinski definition) is 3. The van der Waals surface area contributed by atoms with Gasteiger partial charge in [-0.3, -0.25) is 5.11 Å². The number of halogens is 3. The topological polar surface area (TPSA) is 51.2 Å². The lowest BCUT2D eigenvalue weighted by Crippen LogP contribution is -2.17. The van der Waals surface area contributed by atoms with E-state index in [9.17, 15) is 18.3 Å². The van der Waals surface area contributed by atoms with Crippen molar-refractivity contribution in [1.29, 1.82) is 0 Å². The monoisotopic (exact) mass is 430 g/mol. The first-order valence-corrected chi connectivity index (χ1v) is 9.94. The molecule has 0 aliphatic heterocycles. The number of ether oxygens (including phenoxy) is 2. The van der Waals surface area contributed by atoms with Crippen LogP contribution in [0.15, 0.2) is 60.7 Å². The van der Waals surface area contributed by atoms with Gasteiger partial charge in [-0.1, -0.05) is 25.1 Å². The molecule has 7 heteroatoms. The Bertz CT molecular complexity index is 1000.